The van der Waals surface area contributed by atoms with Gasteiger partial charge in [-0.05, 0) is 25.0 Å². The predicted molar refractivity (Wildman–Crippen MR) is 109 cm³/mol. The molecule has 1 heterocycles. The van der Waals surface area contributed by atoms with E-state index in [1.165, 1.54) is 5.56 Å². The SMILES string of the molecule is CC(C)(c1ccccc1)N1C(=O)[C@H]2C=CC(Br)=C[C@H]2[C@@H]1c1ccccc1. The van der Waals surface area contributed by atoms with E-state index in [0.717, 1.165) is 10.0 Å². The molecule has 0 aromatic heterocycles. The number of nitrogens with zero attached hydrogens (tertiary/aromatic N) is 1. The molecular weight excluding hydrogens is 386 g/mol. The van der Waals surface area contributed by atoms with E-state index in [4.69, 9.17) is 0 Å². The Balaban J connectivity index is 1.86. The fourth-order valence-electron chi connectivity index (χ4n) is 4.30. The van der Waals surface area contributed by atoms with E-state index in [9.17, 15) is 4.79 Å². The van der Waals surface area contributed by atoms with Gasteiger partial charge in [0.2, 0.25) is 5.91 Å². The van der Waals surface area contributed by atoms with Gasteiger partial charge in [0.05, 0.1) is 17.5 Å². The third-order valence-electron chi connectivity index (χ3n) is 5.62. The van der Waals surface area contributed by atoms with Gasteiger partial charge in [-0.25, -0.2) is 0 Å². The van der Waals surface area contributed by atoms with Crippen LogP contribution in [0.25, 0.3) is 0 Å². The second-order valence-corrected chi connectivity index (χ2v) is 8.42. The lowest BCUT2D eigenvalue weighted by atomic mass is 9.83. The van der Waals surface area contributed by atoms with Crippen molar-refractivity contribution < 1.29 is 4.79 Å². The lowest BCUT2D eigenvalue weighted by molar-refractivity contribution is -0.136. The Kier molecular flexibility index (Phi) is 4.36. The molecule has 1 fully saturated rings. The maximum absolute atomic E-state index is 13.5. The van der Waals surface area contributed by atoms with Crippen LogP contribution in [0.5, 0.6) is 0 Å². The van der Waals surface area contributed by atoms with Crippen LogP contribution in [0.1, 0.15) is 31.0 Å². The number of likely N-dealkylation sites (tertiary alicyclic amines) is 1. The van der Waals surface area contributed by atoms with Gasteiger partial charge in [-0.15, -0.1) is 0 Å². The Morgan fingerprint density at radius 3 is 2.23 bits per heavy atom. The first-order chi connectivity index (χ1) is 12.5. The zero-order valence-electron chi connectivity index (χ0n) is 15.0. The summed E-state index contributed by atoms with van der Waals surface area (Å²) in [5, 5.41) is 0. The summed E-state index contributed by atoms with van der Waals surface area (Å²) in [5.41, 5.74) is 1.94. The molecular formula is C23H22BrNO. The minimum atomic E-state index is -0.398. The highest BCUT2D eigenvalue weighted by Gasteiger charge is 2.52. The fraction of sp³-hybridized carbons (Fsp3) is 0.261. The summed E-state index contributed by atoms with van der Waals surface area (Å²) in [5.74, 6) is 0.224. The van der Waals surface area contributed by atoms with Crippen LogP contribution in [0, 0.1) is 11.8 Å². The largest absolute Gasteiger partial charge is 0.325 e. The predicted octanol–water partition coefficient (Wildman–Crippen LogP) is 5.59. The van der Waals surface area contributed by atoms with Crippen LogP contribution in [0.4, 0.5) is 0 Å². The molecule has 0 bridgehead atoms. The number of rotatable bonds is 3. The summed E-state index contributed by atoms with van der Waals surface area (Å²) in [6.07, 6.45) is 6.25. The summed E-state index contributed by atoms with van der Waals surface area (Å²) in [6, 6.07) is 20.7. The molecule has 2 aromatic carbocycles. The van der Waals surface area contributed by atoms with Crippen molar-refractivity contribution in [3.05, 3.63) is 94.5 Å². The molecule has 1 amide bonds. The van der Waals surface area contributed by atoms with Gasteiger partial charge in [0.25, 0.3) is 0 Å². The minimum Gasteiger partial charge on any atom is -0.325 e. The summed E-state index contributed by atoms with van der Waals surface area (Å²) in [4.78, 5) is 15.6. The molecule has 26 heavy (non-hydrogen) atoms. The van der Waals surface area contributed by atoms with Crippen LogP contribution in [-0.4, -0.2) is 10.8 Å². The maximum atomic E-state index is 13.5. The third-order valence-corrected chi connectivity index (χ3v) is 6.15. The number of halogens is 1. The first-order valence-electron chi connectivity index (χ1n) is 8.99. The van der Waals surface area contributed by atoms with E-state index in [1.807, 2.05) is 36.4 Å². The molecule has 1 aliphatic carbocycles. The smallest absolute Gasteiger partial charge is 0.231 e. The summed E-state index contributed by atoms with van der Waals surface area (Å²) >= 11 is 3.60. The molecule has 2 nitrogen and oxygen atoms in total. The third kappa shape index (κ3) is 2.75. The second kappa shape index (κ2) is 6.55. The minimum absolute atomic E-state index is 0.0152. The number of carbonyl (C=O) groups is 1. The number of hydrogen-bond donors (Lipinski definition) is 0. The van der Waals surface area contributed by atoms with Crippen molar-refractivity contribution in [1.82, 2.24) is 4.90 Å². The van der Waals surface area contributed by atoms with E-state index in [0.29, 0.717) is 0 Å². The molecule has 132 valence electrons. The fourth-order valence-corrected chi connectivity index (χ4v) is 4.76. The van der Waals surface area contributed by atoms with Crippen LogP contribution in [0.2, 0.25) is 0 Å². The highest BCUT2D eigenvalue weighted by molar-refractivity contribution is 9.11. The summed E-state index contributed by atoms with van der Waals surface area (Å²) < 4.78 is 1.05. The molecule has 0 radical (unpaired) electrons. The van der Waals surface area contributed by atoms with E-state index in [2.05, 4.69) is 77.2 Å². The van der Waals surface area contributed by atoms with Gasteiger partial charge < -0.3 is 4.90 Å². The van der Waals surface area contributed by atoms with Crippen molar-refractivity contribution in [2.24, 2.45) is 11.8 Å². The monoisotopic (exact) mass is 407 g/mol. The average Bonchev–Trinajstić information content (AvgIpc) is 2.95. The van der Waals surface area contributed by atoms with Gasteiger partial charge in [-0.3, -0.25) is 4.79 Å². The van der Waals surface area contributed by atoms with Crippen molar-refractivity contribution in [3.8, 4) is 0 Å². The second-order valence-electron chi connectivity index (χ2n) is 7.50. The molecule has 3 atom stereocenters. The maximum Gasteiger partial charge on any atom is 0.231 e. The number of benzene rings is 2. The molecule has 2 aromatic rings. The Labute approximate surface area is 163 Å². The van der Waals surface area contributed by atoms with Gasteiger partial charge in [0, 0.05) is 10.4 Å². The normalized spacial score (nSPS) is 25.2. The molecule has 0 unspecified atom stereocenters. The van der Waals surface area contributed by atoms with Crippen LogP contribution in [0.3, 0.4) is 0 Å². The Morgan fingerprint density at radius 1 is 0.962 bits per heavy atom. The molecule has 4 rings (SSSR count). The Bertz CT molecular complexity index is 870. The molecule has 0 N–H and O–H groups in total. The van der Waals surface area contributed by atoms with Gasteiger partial charge in [0.1, 0.15) is 0 Å². The van der Waals surface area contributed by atoms with Gasteiger partial charge >= 0.3 is 0 Å². The number of fused-ring (bicyclic) bond motifs is 1. The van der Waals surface area contributed by atoms with E-state index in [1.54, 1.807) is 0 Å². The standard InChI is InChI=1S/C23H22BrNO/c1-23(2,17-11-7-4-8-12-17)25-21(16-9-5-3-6-10-16)20-15-18(24)13-14-19(20)22(25)26/h3-15,19-21H,1-2H3/t19-,20+,21-/m0/s1. The lowest BCUT2D eigenvalue weighted by Crippen LogP contribution is -2.44. The first kappa shape index (κ1) is 17.3. The highest BCUT2D eigenvalue weighted by atomic mass is 79.9. The van der Waals surface area contributed by atoms with Gasteiger partial charge in [-0.2, -0.15) is 0 Å². The van der Waals surface area contributed by atoms with Crippen LogP contribution in [-0.2, 0) is 10.3 Å². The van der Waals surface area contributed by atoms with Gasteiger partial charge in [-0.1, -0.05) is 94.8 Å². The van der Waals surface area contributed by atoms with Crippen molar-refractivity contribution in [2.75, 3.05) is 0 Å². The van der Waals surface area contributed by atoms with Crippen LogP contribution >= 0.6 is 15.9 Å². The van der Waals surface area contributed by atoms with Crippen molar-refractivity contribution >= 4 is 21.8 Å². The van der Waals surface area contributed by atoms with E-state index in [-0.39, 0.29) is 23.8 Å². The molecule has 1 aliphatic heterocycles. The summed E-state index contributed by atoms with van der Waals surface area (Å²) in [6.45, 7) is 4.30. The Hall–Kier alpha value is -2.13. The number of hydrogen-bond acceptors (Lipinski definition) is 1. The first-order valence-corrected chi connectivity index (χ1v) is 9.78. The van der Waals surface area contributed by atoms with E-state index < -0.39 is 5.54 Å². The number of carbonyl (C=O) groups excluding carboxylic acids is 1. The zero-order chi connectivity index (χ0) is 18.3. The molecule has 2 aliphatic rings. The average molecular weight is 408 g/mol. The molecule has 0 spiro atoms. The zero-order valence-corrected chi connectivity index (χ0v) is 16.6. The van der Waals surface area contributed by atoms with Gasteiger partial charge in [0.15, 0.2) is 0 Å². The van der Waals surface area contributed by atoms with Crippen molar-refractivity contribution in [1.29, 1.82) is 0 Å². The van der Waals surface area contributed by atoms with Crippen LogP contribution < -0.4 is 0 Å². The number of allylic oxidation sites excluding steroid dienone is 2. The topological polar surface area (TPSA) is 20.3 Å². The molecule has 3 heteroatoms. The van der Waals surface area contributed by atoms with Crippen molar-refractivity contribution in [3.63, 3.8) is 0 Å². The van der Waals surface area contributed by atoms with Crippen molar-refractivity contribution in [2.45, 2.75) is 25.4 Å². The van der Waals surface area contributed by atoms with E-state index >= 15 is 0 Å². The quantitative estimate of drug-likeness (QED) is 0.649. The molecule has 0 saturated carbocycles. The highest BCUT2D eigenvalue weighted by Crippen LogP contribution is 2.51. The Morgan fingerprint density at radius 2 is 1.58 bits per heavy atom. The van der Waals surface area contributed by atoms with Crippen LogP contribution in [0.15, 0.2) is 83.4 Å². The molecule has 1 saturated heterocycles. The number of amides is 1. The summed E-state index contributed by atoms with van der Waals surface area (Å²) in [7, 11) is 0. The lowest BCUT2D eigenvalue weighted by Gasteiger charge is -2.41.